The van der Waals surface area contributed by atoms with Gasteiger partial charge in [-0.15, -0.1) is 11.3 Å². The zero-order valence-electron chi connectivity index (χ0n) is 14.5. The molecule has 1 amide bonds. The number of carbonyl (C=O) groups excluding carboxylic acids is 1. The Morgan fingerprint density at radius 1 is 1.32 bits per heavy atom. The van der Waals surface area contributed by atoms with Gasteiger partial charge in [0.05, 0.1) is 0 Å². The van der Waals surface area contributed by atoms with Crippen molar-refractivity contribution in [1.29, 1.82) is 0 Å². The molecule has 5 nitrogen and oxygen atoms in total. The van der Waals surface area contributed by atoms with E-state index in [4.69, 9.17) is 4.74 Å². The Balaban J connectivity index is 1.76. The maximum absolute atomic E-state index is 12.3. The molecule has 0 spiro atoms. The molecule has 1 aromatic carbocycles. The van der Waals surface area contributed by atoms with Crippen LogP contribution < -0.4 is 20.3 Å². The second kappa shape index (κ2) is 8.99. The first kappa shape index (κ1) is 17.9. The molecule has 1 fully saturated rings. The second-order valence-electron chi connectivity index (χ2n) is 6.06. The van der Waals surface area contributed by atoms with Crippen LogP contribution in [0.1, 0.15) is 23.8 Å². The summed E-state index contributed by atoms with van der Waals surface area (Å²) in [6, 6.07) is 12.0. The first-order chi connectivity index (χ1) is 12.3. The van der Waals surface area contributed by atoms with Gasteiger partial charge in [-0.2, -0.15) is 0 Å². The van der Waals surface area contributed by atoms with Crippen LogP contribution in [0.3, 0.4) is 0 Å². The predicted molar refractivity (Wildman–Crippen MR) is 103 cm³/mol. The number of thiophene rings is 1. The highest BCUT2D eigenvalue weighted by atomic mass is 32.1. The van der Waals surface area contributed by atoms with E-state index >= 15 is 0 Å². The summed E-state index contributed by atoms with van der Waals surface area (Å²) in [5.41, 5.74) is 0.907. The Labute approximate surface area is 153 Å². The number of amides is 1. The Bertz CT molecular complexity index is 675. The minimum absolute atomic E-state index is 0.0178. The van der Waals surface area contributed by atoms with Gasteiger partial charge in [0.1, 0.15) is 11.9 Å². The summed E-state index contributed by atoms with van der Waals surface area (Å²) in [6.45, 7) is 3.14. The molecule has 6 heteroatoms. The van der Waals surface area contributed by atoms with Crippen LogP contribution in [0.15, 0.2) is 41.8 Å². The van der Waals surface area contributed by atoms with Gasteiger partial charge in [0.2, 0.25) is 5.91 Å². The van der Waals surface area contributed by atoms with Crippen molar-refractivity contribution in [2.24, 2.45) is 0 Å². The fourth-order valence-electron chi connectivity index (χ4n) is 2.94. The molecule has 1 aliphatic rings. The highest BCUT2D eigenvalue weighted by molar-refractivity contribution is 7.10. The molecule has 2 N–H and O–H groups in total. The monoisotopic (exact) mass is 359 g/mol. The van der Waals surface area contributed by atoms with E-state index in [0.717, 1.165) is 37.5 Å². The van der Waals surface area contributed by atoms with Gasteiger partial charge in [0.15, 0.2) is 0 Å². The van der Waals surface area contributed by atoms with Crippen LogP contribution in [0.2, 0.25) is 0 Å². The second-order valence-corrected chi connectivity index (χ2v) is 7.04. The summed E-state index contributed by atoms with van der Waals surface area (Å²) in [5, 5.41) is 8.53. The molecule has 1 atom stereocenters. The molecule has 25 heavy (non-hydrogen) atoms. The minimum Gasteiger partial charge on any atom is -0.485 e. The normalized spacial score (nSPS) is 16.5. The quantitative estimate of drug-likeness (QED) is 0.798. The lowest BCUT2D eigenvalue weighted by Gasteiger charge is -2.22. The van der Waals surface area contributed by atoms with Gasteiger partial charge in [-0.1, -0.05) is 12.1 Å². The Morgan fingerprint density at radius 3 is 3.04 bits per heavy atom. The highest BCUT2D eigenvalue weighted by Gasteiger charge is 2.19. The van der Waals surface area contributed by atoms with Gasteiger partial charge in [0, 0.05) is 49.1 Å². The van der Waals surface area contributed by atoms with Gasteiger partial charge in [-0.3, -0.25) is 4.79 Å². The number of hydrogen-bond acceptors (Lipinski definition) is 5. The molecule has 2 aromatic rings. The fraction of sp³-hybridized carbons (Fsp3) is 0.421. The first-order valence-corrected chi connectivity index (χ1v) is 9.61. The molecule has 0 radical (unpaired) electrons. The van der Waals surface area contributed by atoms with E-state index in [1.54, 1.807) is 11.3 Å². The molecular formula is C19H25N3O2S. The van der Waals surface area contributed by atoms with Crippen molar-refractivity contribution < 1.29 is 9.53 Å². The standard InChI is InChI=1S/C19H25N3O2S/c1-20-9-7-17(18-6-3-13-25-18)24-16-5-2-4-15(14-16)22-12-11-21-10-8-19(22)23/h2-6,13-14,17,20-21H,7-12H2,1H3. The minimum atomic E-state index is 0.0178. The number of ether oxygens (including phenoxy) is 1. The van der Waals surface area contributed by atoms with Crippen molar-refractivity contribution in [3.63, 3.8) is 0 Å². The molecule has 0 aliphatic carbocycles. The lowest BCUT2D eigenvalue weighted by molar-refractivity contribution is -0.118. The molecule has 134 valence electrons. The number of nitrogens with one attached hydrogen (secondary N) is 2. The first-order valence-electron chi connectivity index (χ1n) is 8.74. The average molecular weight is 359 g/mol. The van der Waals surface area contributed by atoms with Crippen LogP contribution in [0.25, 0.3) is 0 Å². The van der Waals surface area contributed by atoms with Gasteiger partial charge in [-0.25, -0.2) is 0 Å². The number of nitrogens with zero attached hydrogens (tertiary/aromatic N) is 1. The van der Waals surface area contributed by atoms with Crippen molar-refractivity contribution in [2.75, 3.05) is 38.1 Å². The van der Waals surface area contributed by atoms with E-state index in [0.29, 0.717) is 13.0 Å². The summed E-state index contributed by atoms with van der Waals surface area (Å²) in [6.07, 6.45) is 1.45. The molecule has 1 unspecified atom stereocenters. The number of hydrogen-bond donors (Lipinski definition) is 2. The number of carbonyl (C=O) groups is 1. The van der Waals surface area contributed by atoms with Crippen LogP contribution in [-0.2, 0) is 4.79 Å². The highest BCUT2D eigenvalue weighted by Crippen LogP contribution is 2.30. The van der Waals surface area contributed by atoms with Crippen LogP contribution in [0, 0.1) is 0 Å². The summed E-state index contributed by atoms with van der Waals surface area (Å²) < 4.78 is 6.28. The average Bonchev–Trinajstić information content (AvgIpc) is 3.08. The summed E-state index contributed by atoms with van der Waals surface area (Å²) >= 11 is 1.71. The van der Waals surface area contributed by atoms with E-state index in [1.165, 1.54) is 4.88 Å². The molecular weight excluding hydrogens is 334 g/mol. The summed E-state index contributed by atoms with van der Waals surface area (Å²) in [4.78, 5) is 15.4. The van der Waals surface area contributed by atoms with E-state index in [2.05, 4.69) is 28.1 Å². The molecule has 2 heterocycles. The van der Waals surface area contributed by atoms with Crippen LogP contribution in [0.4, 0.5) is 5.69 Å². The van der Waals surface area contributed by atoms with Crippen molar-refractivity contribution >= 4 is 22.9 Å². The van der Waals surface area contributed by atoms with E-state index in [1.807, 2.05) is 36.2 Å². The summed E-state index contributed by atoms with van der Waals surface area (Å²) in [5.74, 6) is 0.962. The molecule has 0 saturated carbocycles. The number of anilines is 1. The third-order valence-electron chi connectivity index (χ3n) is 4.25. The molecule has 3 rings (SSSR count). The van der Waals surface area contributed by atoms with Gasteiger partial charge < -0.3 is 20.3 Å². The third-order valence-corrected chi connectivity index (χ3v) is 5.22. The van der Waals surface area contributed by atoms with Crippen LogP contribution in [0.5, 0.6) is 5.75 Å². The van der Waals surface area contributed by atoms with E-state index in [-0.39, 0.29) is 12.0 Å². The molecule has 1 aliphatic heterocycles. The van der Waals surface area contributed by atoms with E-state index in [9.17, 15) is 4.79 Å². The smallest absolute Gasteiger partial charge is 0.228 e. The third kappa shape index (κ3) is 4.81. The lowest BCUT2D eigenvalue weighted by atomic mass is 10.2. The van der Waals surface area contributed by atoms with Crippen molar-refractivity contribution in [3.05, 3.63) is 46.7 Å². The maximum atomic E-state index is 12.3. The predicted octanol–water partition coefficient (Wildman–Crippen LogP) is 2.80. The Kier molecular flexibility index (Phi) is 6.44. The largest absolute Gasteiger partial charge is 0.485 e. The van der Waals surface area contributed by atoms with Crippen molar-refractivity contribution in [2.45, 2.75) is 18.9 Å². The van der Waals surface area contributed by atoms with Gasteiger partial charge >= 0.3 is 0 Å². The summed E-state index contributed by atoms with van der Waals surface area (Å²) in [7, 11) is 1.95. The topological polar surface area (TPSA) is 53.6 Å². The van der Waals surface area contributed by atoms with Crippen LogP contribution >= 0.6 is 11.3 Å². The maximum Gasteiger partial charge on any atom is 0.228 e. The molecule has 0 bridgehead atoms. The molecule has 1 aromatic heterocycles. The lowest BCUT2D eigenvalue weighted by Crippen LogP contribution is -2.32. The van der Waals surface area contributed by atoms with Crippen LogP contribution in [-0.4, -0.2) is 39.1 Å². The van der Waals surface area contributed by atoms with Gasteiger partial charge in [0.25, 0.3) is 0 Å². The zero-order valence-corrected chi connectivity index (χ0v) is 15.3. The number of benzene rings is 1. The van der Waals surface area contributed by atoms with Gasteiger partial charge in [-0.05, 0) is 37.2 Å². The van der Waals surface area contributed by atoms with Crippen molar-refractivity contribution in [3.8, 4) is 5.75 Å². The zero-order chi connectivity index (χ0) is 17.5. The van der Waals surface area contributed by atoms with Crippen molar-refractivity contribution in [1.82, 2.24) is 10.6 Å². The SMILES string of the molecule is CNCCC(Oc1cccc(N2CCNCCC2=O)c1)c1cccs1. The Morgan fingerprint density at radius 2 is 2.24 bits per heavy atom. The van der Waals surface area contributed by atoms with E-state index < -0.39 is 0 Å². The Hall–Kier alpha value is -1.89. The number of rotatable bonds is 7. The molecule has 1 saturated heterocycles. The fourth-order valence-corrected chi connectivity index (χ4v) is 3.73.